The number of unbranched alkanes of at least 4 members (excludes halogenated alkanes) is 44. The maximum Gasteiger partial charge on any atom is 0.472 e. The summed E-state index contributed by atoms with van der Waals surface area (Å²) in [4.78, 5) is 65.5. The van der Waals surface area contributed by atoms with Crippen LogP contribution < -0.4 is 0 Å². The number of carbonyl (C=O) groups is 4. The molecule has 0 heterocycles. The SMILES string of the molecule is CCCCC/C=C\C/C=C\CCCCCCCC(=O)OC[C@H](COP(=O)(O)OC[C@@H](O)COP(=O)(O)OC[C@@H](COCCCCCCCCC/C=C\CCCCCCC=O)OCCCCCCCCC/C=C\CCCCCCC=O)OCCCCCCCCC/C=C\CCCCCCC=O. The van der Waals surface area contributed by atoms with Gasteiger partial charge in [-0.3, -0.25) is 22.9 Å². The molecule has 584 valence electrons. The first-order chi connectivity index (χ1) is 49.0. The van der Waals surface area contributed by atoms with Crippen LogP contribution in [0.1, 0.15) is 354 Å². The Bertz CT molecular complexity index is 2030. The first-order valence-electron chi connectivity index (χ1n) is 40.4. The van der Waals surface area contributed by atoms with Gasteiger partial charge < -0.3 is 48.2 Å². The van der Waals surface area contributed by atoms with Crippen molar-refractivity contribution in [3.05, 3.63) is 60.8 Å². The Labute approximate surface area is 610 Å². The molecule has 0 bridgehead atoms. The minimum Gasteiger partial charge on any atom is -0.463 e. The van der Waals surface area contributed by atoms with Gasteiger partial charge in [0.2, 0.25) is 0 Å². The number of esters is 1. The van der Waals surface area contributed by atoms with Gasteiger partial charge in [-0.2, -0.15) is 0 Å². The number of ether oxygens (including phenoxy) is 4. The fourth-order valence-electron chi connectivity index (χ4n) is 11.3. The van der Waals surface area contributed by atoms with Gasteiger partial charge in [0.1, 0.15) is 43.8 Å². The number of carbonyl (C=O) groups excluding carboxylic acids is 4. The summed E-state index contributed by atoms with van der Waals surface area (Å²) in [6.07, 6.45) is 79.5. The largest absolute Gasteiger partial charge is 0.472 e. The third-order valence-corrected chi connectivity index (χ3v) is 19.4. The molecule has 0 aliphatic rings. The predicted octanol–water partition coefficient (Wildman–Crippen LogP) is 22.4. The molecule has 19 heteroatoms. The maximum atomic E-state index is 13.1. The fraction of sp³-hybridized carbons (Fsp3) is 0.827. The standard InChI is InChI=1S/C81H148O17P2/c1-2-3-4-5-6-7-8-9-16-23-30-37-44-51-58-65-81(86)94-75-80(93-71-64-57-50-43-36-29-22-15-12-19-26-33-40-47-54-61-68-84)77-98-100(89,90)96-73-78(85)72-95-99(87,88)97-76-79(92-70-63-56-49-42-35-28-21-14-11-18-25-32-39-46-53-60-67-83)74-91-69-62-55-48-41-34-27-20-13-10-17-24-31-38-45-52-59-66-82/h6-7,9-12,16-19,66-68,78-80,85H,2-5,8,13-15,20-65,69-77H2,1H3,(H,87,88)(H,89,90)/b7-6-,16-9-,17-10-,18-11-,19-12-/t78-,79+,80+/m0/s1. The van der Waals surface area contributed by atoms with Crippen molar-refractivity contribution in [3.63, 3.8) is 0 Å². The summed E-state index contributed by atoms with van der Waals surface area (Å²) in [6.45, 7) is 1.22. The number of rotatable bonds is 83. The smallest absolute Gasteiger partial charge is 0.463 e. The van der Waals surface area contributed by atoms with Crippen LogP contribution >= 0.6 is 15.6 Å². The lowest BCUT2D eigenvalue weighted by Crippen LogP contribution is -2.28. The zero-order chi connectivity index (χ0) is 72.7. The van der Waals surface area contributed by atoms with E-state index in [0.29, 0.717) is 45.5 Å². The molecule has 0 saturated heterocycles. The Morgan fingerprint density at radius 1 is 0.320 bits per heavy atom. The van der Waals surface area contributed by atoms with Crippen LogP contribution in [0, 0.1) is 0 Å². The molecule has 17 nitrogen and oxygen atoms in total. The van der Waals surface area contributed by atoms with Crippen molar-refractivity contribution in [3.8, 4) is 0 Å². The van der Waals surface area contributed by atoms with E-state index in [1.54, 1.807) is 0 Å². The molecule has 0 aliphatic heterocycles. The molecular formula is C81H148O17P2. The van der Waals surface area contributed by atoms with Gasteiger partial charge in [-0.1, -0.05) is 235 Å². The Balaban J connectivity index is 5.13. The highest BCUT2D eigenvalue weighted by atomic mass is 31.2. The van der Waals surface area contributed by atoms with Crippen molar-refractivity contribution in [2.45, 2.75) is 372 Å². The molecule has 0 radical (unpaired) electrons. The summed E-state index contributed by atoms with van der Waals surface area (Å²) >= 11 is 0. The summed E-state index contributed by atoms with van der Waals surface area (Å²) in [5, 5.41) is 10.7. The number of aliphatic hydroxyl groups is 1. The number of phosphoric acid groups is 2. The lowest BCUT2D eigenvalue weighted by Gasteiger charge is -2.21. The van der Waals surface area contributed by atoms with Crippen LogP contribution in [0.5, 0.6) is 0 Å². The van der Waals surface area contributed by atoms with Crippen molar-refractivity contribution >= 4 is 40.5 Å². The fourth-order valence-corrected chi connectivity index (χ4v) is 12.8. The number of hydrogen-bond acceptors (Lipinski definition) is 15. The van der Waals surface area contributed by atoms with E-state index in [1.165, 1.54) is 116 Å². The number of phosphoric ester groups is 2. The molecule has 0 rings (SSSR count). The second-order valence-electron chi connectivity index (χ2n) is 27.2. The summed E-state index contributed by atoms with van der Waals surface area (Å²) in [5.74, 6) is -0.384. The highest BCUT2D eigenvalue weighted by molar-refractivity contribution is 7.47. The molecule has 0 fully saturated rings. The molecule has 0 aliphatic carbocycles. The summed E-state index contributed by atoms with van der Waals surface area (Å²) in [6, 6.07) is 0. The van der Waals surface area contributed by atoms with Crippen molar-refractivity contribution in [1.82, 2.24) is 0 Å². The van der Waals surface area contributed by atoms with Crippen molar-refractivity contribution in [2.24, 2.45) is 0 Å². The molecule has 0 saturated carbocycles. The number of aliphatic hydroxyl groups excluding tert-OH is 1. The average molecular weight is 1460 g/mol. The second kappa shape index (κ2) is 78.8. The normalized spacial score (nSPS) is 14.3. The minimum atomic E-state index is -4.80. The molecule has 3 N–H and O–H groups in total. The van der Waals surface area contributed by atoms with Gasteiger partial charge in [0, 0.05) is 45.5 Å². The first-order valence-corrected chi connectivity index (χ1v) is 43.4. The van der Waals surface area contributed by atoms with E-state index in [4.69, 9.17) is 37.0 Å². The van der Waals surface area contributed by atoms with Gasteiger partial charge in [0.25, 0.3) is 0 Å². The molecule has 5 atom stereocenters. The van der Waals surface area contributed by atoms with Crippen LogP contribution in [0.4, 0.5) is 0 Å². The second-order valence-corrected chi connectivity index (χ2v) is 30.1. The summed E-state index contributed by atoms with van der Waals surface area (Å²) in [5.41, 5.74) is 0. The van der Waals surface area contributed by atoms with E-state index in [9.17, 15) is 43.2 Å². The Morgan fingerprint density at radius 2 is 0.590 bits per heavy atom. The van der Waals surface area contributed by atoms with Crippen LogP contribution in [0.15, 0.2) is 60.8 Å². The number of hydrogen-bond donors (Lipinski definition) is 3. The van der Waals surface area contributed by atoms with E-state index in [2.05, 4.69) is 67.7 Å². The topological polar surface area (TPSA) is 237 Å². The Kier molecular flexibility index (Phi) is 76.6. The highest BCUT2D eigenvalue weighted by Gasteiger charge is 2.29. The summed E-state index contributed by atoms with van der Waals surface area (Å²) in [7, 11) is -9.53. The Hall–Kier alpha value is -2.76. The molecule has 0 aromatic rings. The Morgan fingerprint density at radius 3 is 0.930 bits per heavy atom. The van der Waals surface area contributed by atoms with Gasteiger partial charge in [-0.25, -0.2) is 9.13 Å². The van der Waals surface area contributed by atoms with Gasteiger partial charge in [0.05, 0.1) is 33.0 Å². The van der Waals surface area contributed by atoms with Crippen LogP contribution in [0.2, 0.25) is 0 Å². The van der Waals surface area contributed by atoms with Gasteiger partial charge in [-0.05, 0) is 154 Å². The quantitative estimate of drug-likeness (QED) is 0.0169. The van der Waals surface area contributed by atoms with Crippen LogP contribution in [-0.2, 0) is 65.4 Å². The number of allylic oxidation sites excluding steroid dienone is 10. The first kappa shape index (κ1) is 97.2. The lowest BCUT2D eigenvalue weighted by molar-refractivity contribution is -0.149. The van der Waals surface area contributed by atoms with Crippen LogP contribution in [-0.4, -0.2) is 117 Å². The van der Waals surface area contributed by atoms with Crippen LogP contribution in [0.25, 0.3) is 0 Å². The van der Waals surface area contributed by atoms with E-state index in [0.717, 1.165) is 218 Å². The third kappa shape index (κ3) is 77.8. The molecular weight excluding hydrogens is 1310 g/mol. The van der Waals surface area contributed by atoms with Crippen molar-refractivity contribution in [1.29, 1.82) is 0 Å². The monoisotopic (exact) mass is 1460 g/mol. The number of aldehydes is 3. The zero-order valence-electron chi connectivity index (χ0n) is 63.2. The maximum absolute atomic E-state index is 13.1. The van der Waals surface area contributed by atoms with Crippen molar-refractivity contribution < 1.29 is 80.2 Å². The van der Waals surface area contributed by atoms with E-state index < -0.39 is 53.8 Å². The van der Waals surface area contributed by atoms with E-state index >= 15 is 0 Å². The highest BCUT2D eigenvalue weighted by Crippen LogP contribution is 2.45. The predicted molar refractivity (Wildman–Crippen MR) is 410 cm³/mol. The molecule has 2 unspecified atom stereocenters. The van der Waals surface area contributed by atoms with Gasteiger partial charge in [0.15, 0.2) is 0 Å². The zero-order valence-corrected chi connectivity index (χ0v) is 65.0. The molecule has 0 aromatic carbocycles. The molecule has 100 heavy (non-hydrogen) atoms. The van der Waals surface area contributed by atoms with Gasteiger partial charge in [-0.15, -0.1) is 0 Å². The van der Waals surface area contributed by atoms with Crippen LogP contribution in [0.3, 0.4) is 0 Å². The average Bonchev–Trinajstić information content (AvgIpc) is 1.01. The molecule has 0 aromatic heterocycles. The summed E-state index contributed by atoms with van der Waals surface area (Å²) < 4.78 is 70.8. The molecule has 0 amide bonds. The van der Waals surface area contributed by atoms with Crippen molar-refractivity contribution in [2.75, 3.05) is 59.5 Å². The minimum absolute atomic E-state index is 0.157. The van der Waals surface area contributed by atoms with E-state index in [1.807, 2.05) is 0 Å². The molecule has 0 spiro atoms. The van der Waals surface area contributed by atoms with Gasteiger partial charge >= 0.3 is 21.6 Å². The van der Waals surface area contributed by atoms with E-state index in [-0.39, 0.29) is 32.2 Å². The third-order valence-electron chi connectivity index (χ3n) is 17.5. The lowest BCUT2D eigenvalue weighted by atomic mass is 10.1.